The normalized spacial score (nSPS) is 20.0. The van der Waals surface area contributed by atoms with Gasteiger partial charge in [0.1, 0.15) is 0 Å². The summed E-state index contributed by atoms with van der Waals surface area (Å²) < 4.78 is 13.4. The predicted molar refractivity (Wildman–Crippen MR) is 64.1 cm³/mol. The van der Waals surface area contributed by atoms with Crippen molar-refractivity contribution in [3.05, 3.63) is 24.3 Å². The molecule has 1 saturated heterocycles. The van der Waals surface area contributed by atoms with Crippen LogP contribution >= 0.6 is 11.8 Å². The number of para-hydroxylation sites is 1. The van der Waals surface area contributed by atoms with Crippen molar-refractivity contribution >= 4 is 35.3 Å². The van der Waals surface area contributed by atoms with E-state index in [1.807, 2.05) is 0 Å². The van der Waals surface area contributed by atoms with E-state index in [0.717, 1.165) is 0 Å². The summed E-state index contributed by atoms with van der Waals surface area (Å²) in [5.41, 5.74) is 0.266. The molecule has 2 rings (SSSR count). The molecule has 0 radical (unpaired) electrons. The van der Waals surface area contributed by atoms with Gasteiger partial charge in [-0.15, -0.1) is 11.8 Å². The van der Waals surface area contributed by atoms with Crippen molar-refractivity contribution in [2.45, 2.75) is 11.1 Å². The number of carbonyl (C=O) groups excluding carboxylic acids is 3. The molecule has 1 unspecified atom stereocenters. The number of rotatable bonds is 2. The number of amides is 4. The summed E-state index contributed by atoms with van der Waals surface area (Å²) in [7, 11) is 0. The van der Waals surface area contributed by atoms with E-state index >= 15 is 0 Å². The molecule has 1 aliphatic rings. The second-order valence-corrected chi connectivity index (χ2v) is 4.35. The maximum Gasteiger partial charge on any atom is 0.335 e. The van der Waals surface area contributed by atoms with Gasteiger partial charge in [-0.2, -0.15) is 0 Å². The van der Waals surface area contributed by atoms with E-state index in [0.29, 0.717) is 9.80 Å². The van der Waals surface area contributed by atoms with Crippen LogP contribution in [0, 0.1) is 0 Å². The number of carbonyl (C=O) groups is 3. The zero-order valence-corrected chi connectivity index (χ0v) is 10.2. The molecule has 1 fully saturated rings. The number of imide groups is 2. The van der Waals surface area contributed by atoms with Crippen molar-refractivity contribution in [2.24, 2.45) is 0 Å². The highest BCUT2D eigenvalue weighted by Crippen LogP contribution is 2.30. The predicted octanol–water partition coefficient (Wildman–Crippen LogP) is 1.33. The first-order chi connectivity index (χ1) is 8.56. The number of anilines is 1. The second-order valence-electron chi connectivity index (χ2n) is 3.50. The van der Waals surface area contributed by atoms with E-state index in [2.05, 4.69) is 0 Å². The Kier molecular flexibility index (Phi) is 3.33. The number of benzene rings is 1. The molecule has 1 heterocycles. The highest BCUT2D eigenvalue weighted by atomic mass is 32.2. The van der Waals surface area contributed by atoms with E-state index in [1.165, 1.54) is 17.8 Å². The Balaban J connectivity index is 2.46. The van der Waals surface area contributed by atoms with Crippen LogP contribution in [0.15, 0.2) is 29.2 Å². The van der Waals surface area contributed by atoms with Crippen molar-refractivity contribution in [1.82, 2.24) is 5.32 Å². The molecule has 1 atom stereocenters. The number of alkyl halides is 1. The monoisotopic (exact) mass is 268 g/mol. The molecule has 1 N–H and O–H groups in total. The van der Waals surface area contributed by atoms with Gasteiger partial charge in [0, 0.05) is 4.90 Å². The van der Waals surface area contributed by atoms with Crippen molar-refractivity contribution < 1.29 is 18.8 Å². The number of barbiturate groups is 1. The van der Waals surface area contributed by atoms with Gasteiger partial charge in [0.15, 0.2) is 0 Å². The highest BCUT2D eigenvalue weighted by molar-refractivity contribution is 7.98. The third-order valence-electron chi connectivity index (χ3n) is 2.43. The van der Waals surface area contributed by atoms with Crippen molar-refractivity contribution in [3.8, 4) is 0 Å². The summed E-state index contributed by atoms with van der Waals surface area (Å²) in [6.45, 7) is 0. The number of nitrogens with one attached hydrogen (secondary N) is 1. The summed E-state index contributed by atoms with van der Waals surface area (Å²) in [4.78, 5) is 35.6. The van der Waals surface area contributed by atoms with Gasteiger partial charge in [0.05, 0.1) is 5.69 Å². The summed E-state index contributed by atoms with van der Waals surface area (Å²) >= 11 is 1.31. The molecule has 7 heteroatoms. The van der Waals surface area contributed by atoms with Gasteiger partial charge in [-0.1, -0.05) is 12.1 Å². The lowest BCUT2D eigenvalue weighted by atomic mass is 10.2. The van der Waals surface area contributed by atoms with Crippen molar-refractivity contribution in [3.63, 3.8) is 0 Å². The Morgan fingerprint density at radius 1 is 1.28 bits per heavy atom. The van der Waals surface area contributed by atoms with Crippen LogP contribution in [0.1, 0.15) is 0 Å². The van der Waals surface area contributed by atoms with E-state index in [1.54, 1.807) is 29.8 Å². The number of thioether (sulfide) groups is 1. The fourth-order valence-corrected chi connectivity index (χ4v) is 2.18. The van der Waals surface area contributed by atoms with Gasteiger partial charge < -0.3 is 0 Å². The van der Waals surface area contributed by atoms with Gasteiger partial charge >= 0.3 is 6.03 Å². The van der Waals surface area contributed by atoms with Gasteiger partial charge in [-0.3, -0.25) is 14.9 Å². The van der Waals surface area contributed by atoms with Crippen molar-refractivity contribution in [1.29, 1.82) is 0 Å². The molecule has 1 aliphatic heterocycles. The third kappa shape index (κ3) is 1.97. The van der Waals surface area contributed by atoms with Crippen LogP contribution in [-0.4, -0.2) is 30.3 Å². The molecule has 1 aromatic rings. The van der Waals surface area contributed by atoms with E-state index in [-0.39, 0.29) is 5.69 Å². The minimum Gasteiger partial charge on any atom is -0.274 e. The van der Waals surface area contributed by atoms with Crippen LogP contribution in [0.5, 0.6) is 0 Å². The molecule has 1 aromatic carbocycles. The molecule has 0 saturated carbocycles. The largest absolute Gasteiger partial charge is 0.335 e. The molecule has 94 valence electrons. The molecule has 18 heavy (non-hydrogen) atoms. The quantitative estimate of drug-likeness (QED) is 0.649. The van der Waals surface area contributed by atoms with E-state index < -0.39 is 24.0 Å². The number of urea groups is 1. The molecule has 0 aliphatic carbocycles. The smallest absolute Gasteiger partial charge is 0.274 e. The average molecular weight is 268 g/mol. The lowest BCUT2D eigenvalue weighted by Gasteiger charge is -2.27. The van der Waals surface area contributed by atoms with Gasteiger partial charge in [0.2, 0.25) is 0 Å². The molecular weight excluding hydrogens is 259 g/mol. The Morgan fingerprint density at radius 2 is 1.94 bits per heavy atom. The van der Waals surface area contributed by atoms with Crippen LogP contribution < -0.4 is 10.2 Å². The Morgan fingerprint density at radius 3 is 2.61 bits per heavy atom. The number of nitrogens with zero attached hydrogens (tertiary/aromatic N) is 1. The first-order valence-electron chi connectivity index (χ1n) is 5.02. The number of hydrogen-bond acceptors (Lipinski definition) is 4. The van der Waals surface area contributed by atoms with Crippen LogP contribution in [0.3, 0.4) is 0 Å². The lowest BCUT2D eigenvalue weighted by Crippen LogP contribution is -2.59. The first kappa shape index (κ1) is 12.6. The van der Waals surface area contributed by atoms with Crippen LogP contribution in [0.2, 0.25) is 0 Å². The fourth-order valence-electron chi connectivity index (χ4n) is 1.59. The minimum atomic E-state index is -2.35. The topological polar surface area (TPSA) is 66.5 Å². The lowest BCUT2D eigenvalue weighted by molar-refractivity contribution is -0.135. The first-order valence-corrected chi connectivity index (χ1v) is 6.24. The number of hydrogen-bond donors (Lipinski definition) is 1. The van der Waals surface area contributed by atoms with Gasteiger partial charge in [-0.05, 0) is 18.4 Å². The SMILES string of the molecule is CSc1ccccc1N1C(=O)NC(=O)C(F)C1=O. The molecule has 0 bridgehead atoms. The van der Waals surface area contributed by atoms with Crippen LogP contribution in [0.25, 0.3) is 0 Å². The Bertz CT molecular complexity index is 535. The molecular formula is C11H9FN2O3S. The number of halogens is 1. The van der Waals surface area contributed by atoms with E-state index in [9.17, 15) is 18.8 Å². The molecule has 4 amide bonds. The fraction of sp³-hybridized carbons (Fsp3) is 0.182. The minimum absolute atomic E-state index is 0.266. The summed E-state index contributed by atoms with van der Waals surface area (Å²) in [5, 5.41) is 1.80. The van der Waals surface area contributed by atoms with Crippen LogP contribution in [0.4, 0.5) is 14.9 Å². The summed E-state index contributed by atoms with van der Waals surface area (Å²) in [6.07, 6.45) is -0.582. The zero-order valence-electron chi connectivity index (χ0n) is 9.34. The average Bonchev–Trinajstić information content (AvgIpc) is 2.37. The second kappa shape index (κ2) is 4.77. The third-order valence-corrected chi connectivity index (χ3v) is 3.21. The maximum atomic E-state index is 13.4. The highest BCUT2D eigenvalue weighted by Gasteiger charge is 2.42. The Labute approximate surface area is 106 Å². The standard InChI is InChI=1S/C11H9FN2O3S/c1-18-7-5-3-2-4-6(7)14-10(16)8(12)9(15)13-11(14)17/h2-5,8H,1H3,(H,13,15,17). The van der Waals surface area contributed by atoms with E-state index in [4.69, 9.17) is 0 Å². The zero-order chi connectivity index (χ0) is 13.3. The van der Waals surface area contributed by atoms with Crippen LogP contribution in [-0.2, 0) is 9.59 Å². The van der Waals surface area contributed by atoms with Gasteiger partial charge in [-0.25, -0.2) is 14.1 Å². The molecule has 5 nitrogen and oxygen atoms in total. The van der Waals surface area contributed by atoms with Crippen molar-refractivity contribution in [2.75, 3.05) is 11.2 Å². The maximum absolute atomic E-state index is 13.4. The molecule has 0 aromatic heterocycles. The molecule has 0 spiro atoms. The Hall–Kier alpha value is -1.89. The summed E-state index contributed by atoms with van der Waals surface area (Å²) in [5.74, 6) is -2.38. The summed E-state index contributed by atoms with van der Waals surface area (Å²) in [6, 6.07) is 5.65. The van der Waals surface area contributed by atoms with Gasteiger partial charge in [0.25, 0.3) is 18.0 Å².